The third-order valence-corrected chi connectivity index (χ3v) is 3.68. The normalized spacial score (nSPS) is 19.5. The van der Waals surface area contributed by atoms with Crippen molar-refractivity contribution in [1.29, 1.82) is 0 Å². The van der Waals surface area contributed by atoms with E-state index in [4.69, 9.17) is 10.8 Å². The van der Waals surface area contributed by atoms with E-state index in [1.807, 2.05) is 0 Å². The molecule has 0 saturated heterocycles. The summed E-state index contributed by atoms with van der Waals surface area (Å²) in [6.07, 6.45) is 1.50. The highest BCUT2D eigenvalue weighted by Crippen LogP contribution is 2.36. The maximum Gasteiger partial charge on any atom is 0.335 e. The Balaban J connectivity index is 1.83. The zero-order chi connectivity index (χ0) is 12.9. The number of carbonyl (C=O) groups is 2. The lowest BCUT2D eigenvalue weighted by atomic mass is 10.1. The predicted octanol–water partition coefficient (Wildman–Crippen LogP) is 0.718. The molecule has 1 aromatic rings. The molecule has 1 aliphatic heterocycles. The number of nitrogens with zero attached hydrogens (tertiary/aromatic N) is 1. The number of carboxylic acid groups (broad SMARTS) is 1. The number of amides is 1. The minimum absolute atomic E-state index is 0.0180. The summed E-state index contributed by atoms with van der Waals surface area (Å²) < 4.78 is 0. The highest BCUT2D eigenvalue weighted by atomic mass is 16.4. The number of carboxylic acids is 1. The van der Waals surface area contributed by atoms with Crippen LogP contribution in [-0.4, -0.2) is 27.4 Å². The van der Waals surface area contributed by atoms with Gasteiger partial charge in [-0.3, -0.25) is 4.79 Å². The van der Waals surface area contributed by atoms with Crippen LogP contribution in [0.4, 0.5) is 0 Å². The smallest absolute Gasteiger partial charge is 0.335 e. The minimum Gasteiger partial charge on any atom is -0.478 e. The molecule has 5 heteroatoms. The van der Waals surface area contributed by atoms with Crippen LogP contribution < -0.4 is 5.73 Å². The molecule has 0 radical (unpaired) electrons. The number of hydrogen-bond acceptors (Lipinski definition) is 3. The second-order valence-electron chi connectivity index (χ2n) is 5.11. The van der Waals surface area contributed by atoms with Crippen molar-refractivity contribution < 1.29 is 14.7 Å². The Hall–Kier alpha value is -1.88. The van der Waals surface area contributed by atoms with Gasteiger partial charge in [0.25, 0.3) is 0 Å². The zero-order valence-corrected chi connectivity index (χ0v) is 9.85. The Morgan fingerprint density at radius 1 is 1.22 bits per heavy atom. The van der Waals surface area contributed by atoms with Crippen LogP contribution in [0.5, 0.6) is 0 Å². The highest BCUT2D eigenvalue weighted by molar-refractivity contribution is 5.90. The summed E-state index contributed by atoms with van der Waals surface area (Å²) in [6, 6.07) is 4.99. The molecule has 1 heterocycles. The quantitative estimate of drug-likeness (QED) is 0.805. The second-order valence-corrected chi connectivity index (χ2v) is 5.11. The number of fused-ring (bicyclic) bond motifs is 1. The average molecular weight is 246 g/mol. The molecular weight excluding hydrogens is 232 g/mol. The Kier molecular flexibility index (Phi) is 2.22. The van der Waals surface area contributed by atoms with E-state index < -0.39 is 11.5 Å². The van der Waals surface area contributed by atoms with Crippen LogP contribution in [0.15, 0.2) is 18.2 Å². The number of aromatic carboxylic acids is 1. The van der Waals surface area contributed by atoms with Crippen molar-refractivity contribution in [2.45, 2.75) is 31.5 Å². The van der Waals surface area contributed by atoms with Crippen LogP contribution in [0, 0.1) is 0 Å². The lowest BCUT2D eigenvalue weighted by molar-refractivity contribution is -0.134. The lowest BCUT2D eigenvalue weighted by Crippen LogP contribution is -2.43. The molecule has 18 heavy (non-hydrogen) atoms. The standard InChI is InChI=1S/C13H14N2O3/c14-13(3-4-13)12(18)15-6-9-2-1-8(11(16)17)5-10(9)7-15/h1-2,5H,3-4,6-7,14H2,(H,16,17). The van der Waals surface area contributed by atoms with Crippen LogP contribution in [-0.2, 0) is 17.9 Å². The van der Waals surface area contributed by atoms with E-state index in [0.717, 1.165) is 24.0 Å². The topological polar surface area (TPSA) is 83.6 Å². The Morgan fingerprint density at radius 2 is 1.89 bits per heavy atom. The molecular formula is C13H14N2O3. The first-order valence-electron chi connectivity index (χ1n) is 5.93. The molecule has 0 bridgehead atoms. The maximum atomic E-state index is 12.1. The van der Waals surface area contributed by atoms with Crippen molar-refractivity contribution >= 4 is 11.9 Å². The summed E-state index contributed by atoms with van der Waals surface area (Å²) >= 11 is 0. The molecule has 2 aliphatic rings. The van der Waals surface area contributed by atoms with Gasteiger partial charge in [-0.2, -0.15) is 0 Å². The highest BCUT2D eigenvalue weighted by Gasteiger charge is 2.48. The van der Waals surface area contributed by atoms with Gasteiger partial charge in [-0.1, -0.05) is 6.07 Å². The SMILES string of the molecule is NC1(C(=O)N2Cc3ccc(C(=O)O)cc3C2)CC1. The van der Waals surface area contributed by atoms with Crippen molar-refractivity contribution in [2.24, 2.45) is 5.73 Å². The van der Waals surface area contributed by atoms with Gasteiger partial charge in [-0.25, -0.2) is 4.79 Å². The fourth-order valence-corrected chi connectivity index (χ4v) is 2.33. The van der Waals surface area contributed by atoms with Gasteiger partial charge in [0, 0.05) is 13.1 Å². The monoisotopic (exact) mass is 246 g/mol. The van der Waals surface area contributed by atoms with Gasteiger partial charge in [0.1, 0.15) is 0 Å². The zero-order valence-electron chi connectivity index (χ0n) is 9.85. The molecule has 0 unspecified atom stereocenters. The number of carbonyl (C=O) groups excluding carboxylic acids is 1. The molecule has 0 spiro atoms. The lowest BCUT2D eigenvalue weighted by Gasteiger charge is -2.19. The number of nitrogens with two attached hydrogens (primary N) is 1. The molecule has 0 atom stereocenters. The summed E-state index contributed by atoms with van der Waals surface area (Å²) in [4.78, 5) is 24.7. The summed E-state index contributed by atoms with van der Waals surface area (Å²) in [7, 11) is 0. The molecule has 1 fully saturated rings. The summed E-state index contributed by atoms with van der Waals surface area (Å²) in [5.74, 6) is -0.962. The third kappa shape index (κ3) is 1.67. The summed E-state index contributed by atoms with van der Waals surface area (Å²) in [6.45, 7) is 1.00. The van der Waals surface area contributed by atoms with Gasteiger partial charge in [-0.15, -0.1) is 0 Å². The molecule has 0 aromatic heterocycles. The second kappa shape index (κ2) is 3.55. The van der Waals surface area contributed by atoms with Crippen LogP contribution in [0.3, 0.4) is 0 Å². The van der Waals surface area contributed by atoms with Gasteiger partial charge in [0.2, 0.25) is 5.91 Å². The van der Waals surface area contributed by atoms with Gasteiger partial charge in [0.05, 0.1) is 11.1 Å². The van der Waals surface area contributed by atoms with Crippen molar-refractivity contribution in [1.82, 2.24) is 4.90 Å². The number of benzene rings is 1. The van der Waals surface area contributed by atoms with Crippen LogP contribution in [0.2, 0.25) is 0 Å². The van der Waals surface area contributed by atoms with E-state index >= 15 is 0 Å². The Bertz CT molecular complexity index is 549. The molecule has 3 rings (SSSR count). The van der Waals surface area contributed by atoms with Crippen LogP contribution in [0.25, 0.3) is 0 Å². The first-order chi connectivity index (χ1) is 8.49. The third-order valence-electron chi connectivity index (χ3n) is 3.68. The van der Waals surface area contributed by atoms with E-state index in [2.05, 4.69) is 0 Å². The van der Waals surface area contributed by atoms with Crippen LogP contribution in [0.1, 0.15) is 34.3 Å². The van der Waals surface area contributed by atoms with Gasteiger partial charge < -0.3 is 15.7 Å². The van der Waals surface area contributed by atoms with E-state index in [-0.39, 0.29) is 11.5 Å². The Morgan fingerprint density at radius 3 is 2.50 bits per heavy atom. The molecule has 1 amide bonds. The van der Waals surface area contributed by atoms with Crippen LogP contribution >= 0.6 is 0 Å². The summed E-state index contributed by atoms with van der Waals surface area (Å²) in [5.41, 5.74) is 7.42. The van der Waals surface area contributed by atoms with Crippen molar-refractivity contribution in [3.63, 3.8) is 0 Å². The van der Waals surface area contributed by atoms with Gasteiger partial charge in [0.15, 0.2) is 0 Å². The molecule has 3 N–H and O–H groups in total. The fraction of sp³-hybridized carbons (Fsp3) is 0.385. The largest absolute Gasteiger partial charge is 0.478 e. The minimum atomic E-state index is -0.944. The van der Waals surface area contributed by atoms with Gasteiger partial charge in [-0.05, 0) is 36.1 Å². The first kappa shape index (κ1) is 11.2. The maximum absolute atomic E-state index is 12.1. The van der Waals surface area contributed by atoms with E-state index in [0.29, 0.717) is 13.1 Å². The number of hydrogen-bond donors (Lipinski definition) is 2. The summed E-state index contributed by atoms with van der Waals surface area (Å²) in [5, 5.41) is 8.93. The molecule has 1 saturated carbocycles. The molecule has 94 valence electrons. The molecule has 1 aromatic carbocycles. The van der Waals surface area contributed by atoms with E-state index in [1.165, 1.54) is 0 Å². The first-order valence-corrected chi connectivity index (χ1v) is 5.93. The van der Waals surface area contributed by atoms with Gasteiger partial charge >= 0.3 is 5.97 Å². The van der Waals surface area contributed by atoms with E-state index in [1.54, 1.807) is 23.1 Å². The fourth-order valence-electron chi connectivity index (χ4n) is 2.33. The Labute approximate surface area is 104 Å². The van der Waals surface area contributed by atoms with Crippen molar-refractivity contribution in [2.75, 3.05) is 0 Å². The predicted molar refractivity (Wildman–Crippen MR) is 63.8 cm³/mol. The number of rotatable bonds is 2. The molecule has 1 aliphatic carbocycles. The van der Waals surface area contributed by atoms with Crippen molar-refractivity contribution in [3.8, 4) is 0 Å². The van der Waals surface area contributed by atoms with E-state index in [9.17, 15) is 9.59 Å². The average Bonchev–Trinajstić information content (AvgIpc) is 2.94. The molecule has 5 nitrogen and oxygen atoms in total. The van der Waals surface area contributed by atoms with Crippen molar-refractivity contribution in [3.05, 3.63) is 34.9 Å².